The van der Waals surface area contributed by atoms with Crippen molar-refractivity contribution in [2.75, 3.05) is 11.9 Å². The first-order valence-corrected chi connectivity index (χ1v) is 11.6. The van der Waals surface area contributed by atoms with Gasteiger partial charge in [0.25, 0.3) is 5.78 Å². The lowest BCUT2D eigenvalue weighted by Crippen LogP contribution is -2.11. The predicted octanol–water partition coefficient (Wildman–Crippen LogP) is 4.96. The summed E-state index contributed by atoms with van der Waals surface area (Å²) in [6.07, 6.45) is 11.9. The summed E-state index contributed by atoms with van der Waals surface area (Å²) < 4.78 is 21.0. The first-order chi connectivity index (χ1) is 18.1. The Bertz CT molecular complexity index is 1450. The zero-order chi connectivity index (χ0) is 26.0. The van der Waals surface area contributed by atoms with Gasteiger partial charge in [-0.25, -0.2) is 14.2 Å². The number of rotatable bonds is 6. The molecular weight excluding hydrogens is 475 g/mol. The molecule has 1 aliphatic heterocycles. The number of phenolic OH excluding ortho intramolecular Hbond substituents is 1. The van der Waals surface area contributed by atoms with E-state index >= 15 is 0 Å². The molecule has 0 radical (unpaired) electrons. The molecule has 0 fully saturated rings. The number of carbonyl (C=O) groups excluding carboxylic acids is 1. The molecular formula is C27H25FN6O3. The number of hydrogen-bond acceptors (Lipinski definition) is 8. The number of esters is 1. The minimum absolute atomic E-state index is 0.0874. The Morgan fingerprint density at radius 1 is 1.16 bits per heavy atom. The molecule has 0 saturated carbocycles. The highest BCUT2D eigenvalue weighted by Gasteiger charge is 2.22. The Morgan fingerprint density at radius 2 is 1.97 bits per heavy atom. The lowest BCUT2D eigenvalue weighted by atomic mass is 10.1. The molecule has 9 nitrogen and oxygen atoms in total. The van der Waals surface area contributed by atoms with Crippen LogP contribution in [0.4, 0.5) is 10.3 Å². The van der Waals surface area contributed by atoms with E-state index in [0.717, 1.165) is 12.0 Å². The summed E-state index contributed by atoms with van der Waals surface area (Å²) in [5.74, 6) is -0.498. The van der Waals surface area contributed by atoms with Gasteiger partial charge >= 0.3 is 5.97 Å². The van der Waals surface area contributed by atoms with E-state index in [9.17, 15) is 14.3 Å². The maximum Gasteiger partial charge on any atom is 0.341 e. The van der Waals surface area contributed by atoms with Gasteiger partial charge in [-0.3, -0.25) is 4.99 Å². The first kappa shape index (κ1) is 25.2. The molecule has 2 aromatic carbocycles. The summed E-state index contributed by atoms with van der Waals surface area (Å²) in [6.45, 7) is 2.26. The number of nitrogens with one attached hydrogen (secondary N) is 1. The Kier molecular flexibility index (Phi) is 8.33. The van der Waals surface area contributed by atoms with Gasteiger partial charge < -0.3 is 15.2 Å². The molecule has 2 aromatic heterocycles. The number of fused-ring (bicyclic) bond motifs is 1. The smallest absolute Gasteiger partial charge is 0.341 e. The number of ether oxygens (including phenoxy) is 1. The van der Waals surface area contributed by atoms with Crippen LogP contribution in [0.5, 0.6) is 5.75 Å². The number of aliphatic imine (C=N–C) groups is 1. The van der Waals surface area contributed by atoms with Crippen LogP contribution in [0.3, 0.4) is 0 Å². The van der Waals surface area contributed by atoms with Crippen LogP contribution in [0.25, 0.3) is 17.0 Å². The van der Waals surface area contributed by atoms with Crippen LogP contribution < -0.4 is 5.32 Å². The molecule has 0 amide bonds. The molecule has 4 aromatic rings. The van der Waals surface area contributed by atoms with Crippen molar-refractivity contribution < 1.29 is 19.0 Å². The van der Waals surface area contributed by atoms with Crippen LogP contribution in [-0.4, -0.2) is 43.5 Å². The number of carbonyl (C=O) groups is 1. The zero-order valence-corrected chi connectivity index (χ0v) is 20.1. The third kappa shape index (κ3) is 6.43. The van der Waals surface area contributed by atoms with E-state index in [1.165, 1.54) is 16.8 Å². The highest BCUT2D eigenvalue weighted by atomic mass is 19.1. The van der Waals surface area contributed by atoms with Crippen LogP contribution in [0.15, 0.2) is 84.1 Å². The molecule has 1 aliphatic rings. The molecule has 0 spiro atoms. The normalized spacial score (nSPS) is 12.1. The number of phenols is 1. The topological polar surface area (TPSA) is 114 Å². The van der Waals surface area contributed by atoms with Gasteiger partial charge in [0.15, 0.2) is 0 Å². The maximum atomic E-state index is 14.6. The second-order valence-corrected chi connectivity index (χ2v) is 7.73. The van der Waals surface area contributed by atoms with Crippen LogP contribution in [0.1, 0.15) is 29.3 Å². The molecule has 0 aliphatic carbocycles. The lowest BCUT2D eigenvalue weighted by molar-refractivity contribution is 0.0526. The van der Waals surface area contributed by atoms with Crippen molar-refractivity contribution in [1.82, 2.24) is 19.6 Å². The number of benzene rings is 2. The van der Waals surface area contributed by atoms with Gasteiger partial charge in [0.05, 0.1) is 12.3 Å². The summed E-state index contributed by atoms with van der Waals surface area (Å²) in [7, 11) is 0. The fourth-order valence-corrected chi connectivity index (χ4v) is 3.41. The van der Waals surface area contributed by atoms with Gasteiger partial charge in [-0.05, 0) is 42.8 Å². The second-order valence-electron chi connectivity index (χ2n) is 7.73. The maximum absolute atomic E-state index is 14.6. The third-order valence-corrected chi connectivity index (χ3v) is 5.14. The summed E-state index contributed by atoms with van der Waals surface area (Å²) in [6, 6.07) is 12.8. The standard InChI is InChI=1S/C21H18FN5O3.C6H7N/c1-2-30-19(29)16-12-24-21-25-20(23-11-13-7-9-14(28)10-8-13)26-27(21)18(16)15-5-3-4-6-17(15)22;1-2-4-6-7-5-3-1/h3-10,12,28H,2,11H2,1H3,(H,23,26);1-3,5-6H,4H2. The highest BCUT2D eigenvalue weighted by molar-refractivity contribution is 5.96. The summed E-state index contributed by atoms with van der Waals surface area (Å²) in [5.41, 5.74) is 1.38. The number of aromatic hydroxyl groups is 1. The van der Waals surface area contributed by atoms with Crippen molar-refractivity contribution in [1.29, 1.82) is 0 Å². The minimum atomic E-state index is -0.626. The van der Waals surface area contributed by atoms with Crippen molar-refractivity contribution in [2.45, 2.75) is 19.9 Å². The van der Waals surface area contributed by atoms with E-state index < -0.39 is 11.8 Å². The molecule has 188 valence electrons. The molecule has 3 heterocycles. The third-order valence-electron chi connectivity index (χ3n) is 5.14. The van der Waals surface area contributed by atoms with Crippen molar-refractivity contribution in [3.63, 3.8) is 0 Å². The molecule has 0 bridgehead atoms. The molecule has 10 heteroatoms. The number of hydrogen-bond donors (Lipinski definition) is 2. The first-order valence-electron chi connectivity index (χ1n) is 11.6. The van der Waals surface area contributed by atoms with Gasteiger partial charge in [-0.2, -0.15) is 9.50 Å². The Balaban J connectivity index is 0.000000396. The number of allylic oxidation sites excluding steroid dienone is 3. The SMILES string of the molecule is C1=CCC=NC=C1.CCOC(=O)c1cnc2nc(NCc3ccc(O)cc3)nn2c1-c1ccccc1F. The Hall–Kier alpha value is -4.86. The largest absolute Gasteiger partial charge is 0.508 e. The highest BCUT2D eigenvalue weighted by Crippen LogP contribution is 2.27. The van der Waals surface area contributed by atoms with Crippen LogP contribution >= 0.6 is 0 Å². The Labute approximate surface area is 212 Å². The average molecular weight is 501 g/mol. The van der Waals surface area contributed by atoms with Gasteiger partial charge in [0.1, 0.15) is 17.1 Å². The molecule has 2 N–H and O–H groups in total. The fourth-order valence-electron chi connectivity index (χ4n) is 3.41. The van der Waals surface area contributed by atoms with E-state index in [0.29, 0.717) is 6.54 Å². The average Bonchev–Trinajstić information content (AvgIpc) is 3.09. The quantitative estimate of drug-likeness (QED) is 0.360. The monoisotopic (exact) mass is 500 g/mol. The van der Waals surface area contributed by atoms with Crippen molar-refractivity contribution in [3.05, 3.63) is 96.1 Å². The summed E-state index contributed by atoms with van der Waals surface area (Å²) in [4.78, 5) is 24.9. The summed E-state index contributed by atoms with van der Waals surface area (Å²) in [5, 5.41) is 16.8. The molecule has 0 atom stereocenters. The van der Waals surface area contributed by atoms with Crippen LogP contribution in [0, 0.1) is 5.82 Å². The minimum Gasteiger partial charge on any atom is -0.508 e. The van der Waals surface area contributed by atoms with Crippen molar-refractivity contribution in [3.8, 4) is 17.0 Å². The van der Waals surface area contributed by atoms with E-state index in [1.807, 2.05) is 18.4 Å². The van der Waals surface area contributed by atoms with Gasteiger partial charge in [-0.15, -0.1) is 5.10 Å². The van der Waals surface area contributed by atoms with Gasteiger partial charge in [0, 0.05) is 37.1 Å². The zero-order valence-electron chi connectivity index (χ0n) is 20.1. The summed E-state index contributed by atoms with van der Waals surface area (Å²) >= 11 is 0. The van der Waals surface area contributed by atoms with Crippen molar-refractivity contribution in [2.24, 2.45) is 4.99 Å². The van der Waals surface area contributed by atoms with E-state index in [2.05, 4.69) is 31.5 Å². The number of anilines is 1. The number of aromatic nitrogens is 4. The predicted molar refractivity (Wildman–Crippen MR) is 139 cm³/mol. The van der Waals surface area contributed by atoms with Crippen molar-refractivity contribution >= 4 is 23.9 Å². The molecule has 0 saturated heterocycles. The Morgan fingerprint density at radius 3 is 2.76 bits per heavy atom. The molecule has 37 heavy (non-hydrogen) atoms. The second kappa shape index (κ2) is 12.2. The molecule has 5 rings (SSSR count). The fraction of sp³-hybridized carbons (Fsp3) is 0.148. The van der Waals surface area contributed by atoms with E-state index in [1.54, 1.807) is 55.6 Å². The lowest BCUT2D eigenvalue weighted by Gasteiger charge is -2.10. The van der Waals surface area contributed by atoms with E-state index in [-0.39, 0.29) is 40.9 Å². The van der Waals surface area contributed by atoms with Gasteiger partial charge in [0.2, 0.25) is 5.95 Å². The van der Waals surface area contributed by atoms with Crippen LogP contribution in [-0.2, 0) is 11.3 Å². The number of halogens is 1. The van der Waals surface area contributed by atoms with Crippen LogP contribution in [0.2, 0.25) is 0 Å². The van der Waals surface area contributed by atoms with E-state index in [4.69, 9.17) is 4.74 Å². The number of nitrogens with zero attached hydrogens (tertiary/aromatic N) is 5. The molecule has 0 unspecified atom stereocenters. The van der Waals surface area contributed by atoms with Gasteiger partial charge in [-0.1, -0.05) is 36.4 Å².